The molecule has 7 heteroatoms. The predicted octanol–water partition coefficient (Wildman–Crippen LogP) is 0.414. The van der Waals surface area contributed by atoms with Crippen LogP contribution in [0.25, 0.3) is 11.0 Å². The summed E-state index contributed by atoms with van der Waals surface area (Å²) in [6.07, 6.45) is 1.69. The van der Waals surface area contributed by atoms with E-state index in [1.807, 2.05) is 7.05 Å². The van der Waals surface area contributed by atoms with Gasteiger partial charge in [-0.2, -0.15) is 5.10 Å². The Morgan fingerprint density at radius 2 is 2.21 bits per heavy atom. The fourth-order valence-electron chi connectivity index (χ4n) is 1.93. The highest BCUT2D eigenvalue weighted by Crippen LogP contribution is 2.16. The van der Waals surface area contributed by atoms with Gasteiger partial charge in [0.15, 0.2) is 5.65 Å². The zero-order valence-electron chi connectivity index (χ0n) is 11.6. The van der Waals surface area contributed by atoms with Crippen molar-refractivity contribution in [2.75, 3.05) is 32.5 Å². The van der Waals surface area contributed by atoms with Crippen molar-refractivity contribution in [3.8, 4) is 0 Å². The minimum absolute atomic E-state index is 0.482. The molecule has 0 unspecified atom stereocenters. The third kappa shape index (κ3) is 2.99. The second-order valence-electron chi connectivity index (χ2n) is 4.39. The van der Waals surface area contributed by atoms with Crippen molar-refractivity contribution in [1.29, 1.82) is 0 Å². The minimum atomic E-state index is 0.482. The zero-order chi connectivity index (χ0) is 13.8. The number of aromatic nitrogens is 4. The number of nitrogens with two attached hydrogens (primary N) is 1. The Morgan fingerprint density at radius 3 is 2.89 bits per heavy atom. The maximum Gasteiger partial charge on any atom is 0.163 e. The lowest BCUT2D eigenvalue weighted by atomic mass is 10.3. The van der Waals surface area contributed by atoms with Crippen LogP contribution in [0.1, 0.15) is 12.7 Å². The number of hydrogen-bond donors (Lipinski definition) is 1. The third-order valence-electron chi connectivity index (χ3n) is 3.09. The lowest BCUT2D eigenvalue weighted by Crippen LogP contribution is -2.27. The molecule has 0 bridgehead atoms. The van der Waals surface area contributed by atoms with Crippen molar-refractivity contribution in [3.05, 3.63) is 12.0 Å². The van der Waals surface area contributed by atoms with Crippen LogP contribution in [0.15, 0.2) is 6.20 Å². The molecule has 0 saturated carbocycles. The summed E-state index contributed by atoms with van der Waals surface area (Å²) in [5.41, 5.74) is 6.71. The lowest BCUT2D eigenvalue weighted by molar-refractivity contribution is 0.146. The van der Waals surface area contributed by atoms with Gasteiger partial charge in [-0.3, -0.25) is 9.58 Å². The van der Waals surface area contributed by atoms with Crippen LogP contribution in [0.3, 0.4) is 0 Å². The second-order valence-corrected chi connectivity index (χ2v) is 4.39. The maximum absolute atomic E-state index is 5.94. The van der Waals surface area contributed by atoms with E-state index in [0.717, 1.165) is 24.1 Å². The molecule has 2 aromatic rings. The van der Waals surface area contributed by atoms with Gasteiger partial charge in [0, 0.05) is 20.7 Å². The first-order valence-electron chi connectivity index (χ1n) is 6.31. The van der Waals surface area contributed by atoms with E-state index in [-0.39, 0.29) is 0 Å². The summed E-state index contributed by atoms with van der Waals surface area (Å²) in [6.45, 7) is 5.21. The van der Waals surface area contributed by atoms with E-state index >= 15 is 0 Å². The highest BCUT2D eigenvalue weighted by Gasteiger charge is 2.11. The number of anilines is 1. The van der Waals surface area contributed by atoms with E-state index in [9.17, 15) is 0 Å². The molecule has 2 aromatic heterocycles. The highest BCUT2D eigenvalue weighted by molar-refractivity contribution is 5.84. The van der Waals surface area contributed by atoms with Crippen molar-refractivity contribution in [2.45, 2.75) is 13.5 Å². The van der Waals surface area contributed by atoms with E-state index in [1.54, 1.807) is 18.0 Å². The van der Waals surface area contributed by atoms with Crippen LogP contribution >= 0.6 is 0 Å². The molecule has 2 rings (SSSR count). The summed E-state index contributed by atoms with van der Waals surface area (Å²) in [5, 5.41) is 4.94. The number of ether oxygens (including phenoxy) is 1. The van der Waals surface area contributed by atoms with E-state index in [4.69, 9.17) is 10.5 Å². The molecule has 0 aliphatic heterocycles. The Labute approximate surface area is 112 Å². The topological polar surface area (TPSA) is 82.1 Å². The number of methoxy groups -OCH3 is 1. The number of nitrogens with zero attached hydrogens (tertiary/aromatic N) is 5. The van der Waals surface area contributed by atoms with Gasteiger partial charge >= 0.3 is 0 Å². The molecule has 7 nitrogen and oxygen atoms in total. The zero-order valence-corrected chi connectivity index (χ0v) is 11.6. The van der Waals surface area contributed by atoms with Crippen LogP contribution < -0.4 is 5.73 Å². The summed E-state index contributed by atoms with van der Waals surface area (Å²) in [5.74, 6) is 1.20. The van der Waals surface area contributed by atoms with Crippen LogP contribution in [0.4, 0.5) is 5.82 Å². The molecular formula is C12H20N6O. The molecule has 0 atom stereocenters. The Bertz CT molecular complexity index is 552. The number of nitrogen functional groups attached to an aromatic ring is 1. The number of fused-ring (bicyclic) bond motifs is 1. The summed E-state index contributed by atoms with van der Waals surface area (Å²) >= 11 is 0. The molecule has 0 aromatic carbocycles. The largest absolute Gasteiger partial charge is 0.383 e. The quantitative estimate of drug-likeness (QED) is 0.814. The molecule has 104 valence electrons. The Balaban J connectivity index is 2.22. The summed E-state index contributed by atoms with van der Waals surface area (Å²) in [4.78, 5) is 11.1. The van der Waals surface area contributed by atoms with Crippen molar-refractivity contribution in [3.63, 3.8) is 0 Å². The van der Waals surface area contributed by atoms with Gasteiger partial charge in [0.05, 0.1) is 24.7 Å². The Hall–Kier alpha value is -1.73. The van der Waals surface area contributed by atoms with Crippen molar-refractivity contribution in [1.82, 2.24) is 24.6 Å². The molecule has 2 heterocycles. The third-order valence-corrected chi connectivity index (χ3v) is 3.09. The van der Waals surface area contributed by atoms with Gasteiger partial charge in [0.1, 0.15) is 11.6 Å². The van der Waals surface area contributed by atoms with Crippen LogP contribution in [0, 0.1) is 0 Å². The summed E-state index contributed by atoms with van der Waals surface area (Å²) < 4.78 is 6.80. The molecule has 0 spiro atoms. The molecule has 0 radical (unpaired) electrons. The number of likely N-dealkylation sites (N-methyl/N-ethyl adjacent to an activating group) is 1. The van der Waals surface area contributed by atoms with E-state index in [0.29, 0.717) is 24.8 Å². The number of aryl methyl sites for hydroxylation is 1. The standard InChI is InChI=1S/C12H20N6O/c1-4-18(5-6-19-3)8-10-15-11(13)9-7-14-17(2)12(9)16-10/h7H,4-6,8H2,1-3H3,(H2,13,15,16). The van der Waals surface area contributed by atoms with Crippen LogP contribution in [0.5, 0.6) is 0 Å². The monoisotopic (exact) mass is 264 g/mol. The Morgan fingerprint density at radius 1 is 1.42 bits per heavy atom. The molecule has 19 heavy (non-hydrogen) atoms. The van der Waals surface area contributed by atoms with Crippen molar-refractivity contribution < 1.29 is 4.74 Å². The van der Waals surface area contributed by atoms with Crippen LogP contribution in [-0.2, 0) is 18.3 Å². The highest BCUT2D eigenvalue weighted by atomic mass is 16.5. The predicted molar refractivity (Wildman–Crippen MR) is 73.5 cm³/mol. The molecule has 0 amide bonds. The average Bonchev–Trinajstić information content (AvgIpc) is 2.77. The summed E-state index contributed by atoms with van der Waals surface area (Å²) in [7, 11) is 3.55. The molecule has 0 aliphatic carbocycles. The molecule has 0 aliphatic rings. The van der Waals surface area contributed by atoms with E-state index in [2.05, 4.69) is 26.9 Å². The normalized spacial score (nSPS) is 11.6. The average molecular weight is 264 g/mol. The number of rotatable bonds is 6. The first-order valence-corrected chi connectivity index (χ1v) is 6.31. The smallest absolute Gasteiger partial charge is 0.163 e. The van der Waals surface area contributed by atoms with Crippen molar-refractivity contribution >= 4 is 16.9 Å². The van der Waals surface area contributed by atoms with Crippen LogP contribution in [-0.4, -0.2) is 51.5 Å². The van der Waals surface area contributed by atoms with Crippen molar-refractivity contribution in [2.24, 2.45) is 7.05 Å². The van der Waals surface area contributed by atoms with Gasteiger partial charge < -0.3 is 10.5 Å². The SMILES string of the molecule is CCN(CCOC)Cc1nc(N)c2cnn(C)c2n1. The molecule has 2 N–H and O–H groups in total. The van der Waals surface area contributed by atoms with E-state index in [1.165, 1.54) is 0 Å². The fraction of sp³-hybridized carbons (Fsp3) is 0.583. The van der Waals surface area contributed by atoms with Gasteiger partial charge in [-0.15, -0.1) is 0 Å². The number of hydrogen-bond acceptors (Lipinski definition) is 6. The first kappa shape index (κ1) is 13.7. The maximum atomic E-state index is 5.94. The molecule has 0 saturated heterocycles. The molecule has 0 fully saturated rings. The minimum Gasteiger partial charge on any atom is -0.383 e. The fourth-order valence-corrected chi connectivity index (χ4v) is 1.93. The summed E-state index contributed by atoms with van der Waals surface area (Å²) in [6, 6.07) is 0. The van der Waals surface area contributed by atoms with Gasteiger partial charge in [0.2, 0.25) is 0 Å². The first-order chi connectivity index (χ1) is 9.15. The van der Waals surface area contributed by atoms with Gasteiger partial charge in [-0.05, 0) is 6.54 Å². The van der Waals surface area contributed by atoms with E-state index < -0.39 is 0 Å². The Kier molecular flexibility index (Phi) is 4.28. The lowest BCUT2D eigenvalue weighted by Gasteiger charge is -2.18. The van der Waals surface area contributed by atoms with Gasteiger partial charge in [-0.25, -0.2) is 9.97 Å². The van der Waals surface area contributed by atoms with Crippen LogP contribution in [0.2, 0.25) is 0 Å². The van der Waals surface area contributed by atoms with Gasteiger partial charge in [-0.1, -0.05) is 6.92 Å². The second kappa shape index (κ2) is 5.94. The van der Waals surface area contributed by atoms with Gasteiger partial charge in [0.25, 0.3) is 0 Å². The molecular weight excluding hydrogens is 244 g/mol.